The minimum absolute atomic E-state index is 0.0123. The Morgan fingerprint density at radius 2 is 1.83 bits per heavy atom. The fourth-order valence-corrected chi connectivity index (χ4v) is 2.78. The second kappa shape index (κ2) is 11.0. The molecule has 0 spiro atoms. The summed E-state index contributed by atoms with van der Waals surface area (Å²) < 4.78 is 0. The van der Waals surface area contributed by atoms with Crippen LogP contribution in [0.4, 0.5) is 0 Å². The maximum absolute atomic E-state index is 12.3. The lowest BCUT2D eigenvalue weighted by molar-refractivity contribution is -0.125. The number of amides is 1. The highest BCUT2D eigenvalue weighted by Crippen LogP contribution is 2.09. The minimum atomic E-state index is -0.299. The van der Waals surface area contributed by atoms with Crippen LogP contribution in [0.5, 0.6) is 0 Å². The first-order chi connectivity index (χ1) is 11.5. The van der Waals surface area contributed by atoms with Crippen molar-refractivity contribution in [2.75, 3.05) is 13.6 Å². The van der Waals surface area contributed by atoms with Crippen molar-refractivity contribution in [2.45, 2.75) is 58.9 Å². The standard InChI is InChI=1S/C20H32N2O2/c1-5-7-16(3)20(24)18(21-4)14-22-19(23)9-6-8-17-12-10-15(2)11-13-17/h10-13,16,18,21H,5-9,14H2,1-4H3,(H,22,23). The van der Waals surface area contributed by atoms with Crippen LogP contribution in [0.3, 0.4) is 0 Å². The number of hydrogen-bond acceptors (Lipinski definition) is 3. The number of benzene rings is 1. The van der Waals surface area contributed by atoms with Gasteiger partial charge in [-0.25, -0.2) is 0 Å². The number of carbonyl (C=O) groups excluding carboxylic acids is 2. The van der Waals surface area contributed by atoms with Crippen LogP contribution in [0, 0.1) is 12.8 Å². The molecular weight excluding hydrogens is 300 g/mol. The molecule has 2 N–H and O–H groups in total. The first-order valence-corrected chi connectivity index (χ1v) is 9.01. The highest BCUT2D eigenvalue weighted by Gasteiger charge is 2.22. The lowest BCUT2D eigenvalue weighted by atomic mass is 9.95. The van der Waals surface area contributed by atoms with Gasteiger partial charge in [-0.15, -0.1) is 0 Å². The van der Waals surface area contributed by atoms with Gasteiger partial charge in [0.15, 0.2) is 5.78 Å². The molecule has 0 aliphatic carbocycles. The molecule has 0 heterocycles. The summed E-state index contributed by atoms with van der Waals surface area (Å²) in [5.41, 5.74) is 2.50. The van der Waals surface area contributed by atoms with Crippen molar-refractivity contribution >= 4 is 11.7 Å². The summed E-state index contributed by atoms with van der Waals surface area (Å²) in [4.78, 5) is 24.3. The van der Waals surface area contributed by atoms with Crippen LogP contribution < -0.4 is 10.6 Å². The summed E-state index contributed by atoms with van der Waals surface area (Å²) in [5.74, 6) is 0.225. The largest absolute Gasteiger partial charge is 0.354 e. The van der Waals surface area contributed by atoms with E-state index in [1.54, 1.807) is 7.05 Å². The monoisotopic (exact) mass is 332 g/mol. The number of Topliss-reactive ketones (excluding diaryl/α,β-unsaturated/α-hetero) is 1. The van der Waals surface area contributed by atoms with E-state index in [1.165, 1.54) is 11.1 Å². The van der Waals surface area contributed by atoms with Crippen LogP contribution in [0.1, 0.15) is 50.7 Å². The lowest BCUT2D eigenvalue weighted by Crippen LogP contribution is -2.46. The third-order valence-electron chi connectivity index (χ3n) is 4.39. The Morgan fingerprint density at radius 3 is 2.42 bits per heavy atom. The normalized spacial score (nSPS) is 13.3. The zero-order chi connectivity index (χ0) is 17.9. The topological polar surface area (TPSA) is 58.2 Å². The molecule has 0 aliphatic rings. The molecular formula is C20H32N2O2. The van der Waals surface area contributed by atoms with Crippen molar-refractivity contribution in [3.8, 4) is 0 Å². The van der Waals surface area contributed by atoms with Gasteiger partial charge >= 0.3 is 0 Å². The maximum atomic E-state index is 12.3. The fourth-order valence-electron chi connectivity index (χ4n) is 2.78. The third-order valence-corrected chi connectivity index (χ3v) is 4.39. The Balaban J connectivity index is 2.30. The van der Waals surface area contributed by atoms with Crippen molar-refractivity contribution in [1.29, 1.82) is 0 Å². The average Bonchev–Trinajstić information content (AvgIpc) is 2.57. The van der Waals surface area contributed by atoms with Gasteiger partial charge < -0.3 is 10.6 Å². The van der Waals surface area contributed by atoms with Gasteiger partial charge in [0.25, 0.3) is 0 Å². The molecule has 0 saturated carbocycles. The molecule has 0 radical (unpaired) electrons. The number of ketones is 1. The Hall–Kier alpha value is -1.68. The highest BCUT2D eigenvalue weighted by molar-refractivity contribution is 5.87. The molecule has 0 aliphatic heterocycles. The quantitative estimate of drug-likeness (QED) is 0.655. The Kier molecular flexibility index (Phi) is 9.31. The van der Waals surface area contributed by atoms with Crippen LogP contribution in [-0.2, 0) is 16.0 Å². The Bertz CT molecular complexity index is 511. The summed E-state index contributed by atoms with van der Waals surface area (Å²) in [6.07, 6.45) is 4.09. The second-order valence-electron chi connectivity index (χ2n) is 6.58. The summed E-state index contributed by atoms with van der Waals surface area (Å²) in [5, 5.41) is 5.90. The Morgan fingerprint density at radius 1 is 1.17 bits per heavy atom. The summed E-state index contributed by atoms with van der Waals surface area (Å²) in [7, 11) is 1.77. The number of hydrogen-bond donors (Lipinski definition) is 2. The van der Waals surface area contributed by atoms with Crippen molar-refractivity contribution < 1.29 is 9.59 Å². The molecule has 24 heavy (non-hydrogen) atoms. The van der Waals surface area contributed by atoms with Crippen molar-refractivity contribution in [2.24, 2.45) is 5.92 Å². The molecule has 2 atom stereocenters. The van der Waals surface area contributed by atoms with Crippen molar-refractivity contribution in [3.63, 3.8) is 0 Å². The zero-order valence-corrected chi connectivity index (χ0v) is 15.5. The van der Waals surface area contributed by atoms with Gasteiger partial charge in [-0.2, -0.15) is 0 Å². The molecule has 0 fully saturated rings. The number of aryl methyl sites for hydroxylation is 2. The van der Waals surface area contributed by atoms with E-state index < -0.39 is 0 Å². The van der Waals surface area contributed by atoms with Gasteiger partial charge in [-0.05, 0) is 38.8 Å². The first-order valence-electron chi connectivity index (χ1n) is 9.01. The van der Waals surface area contributed by atoms with Gasteiger partial charge in [0.2, 0.25) is 5.91 Å². The third kappa shape index (κ3) is 7.26. The highest BCUT2D eigenvalue weighted by atomic mass is 16.2. The predicted octanol–water partition coefficient (Wildman–Crippen LogP) is 3.03. The van der Waals surface area contributed by atoms with Crippen LogP contribution >= 0.6 is 0 Å². The molecule has 1 rings (SSSR count). The summed E-state index contributed by atoms with van der Waals surface area (Å²) in [6, 6.07) is 8.11. The number of rotatable bonds is 11. The smallest absolute Gasteiger partial charge is 0.220 e. The first kappa shape index (κ1) is 20.4. The molecule has 0 aromatic heterocycles. The van der Waals surface area contributed by atoms with Gasteiger partial charge in [-0.1, -0.05) is 50.1 Å². The fraction of sp³-hybridized carbons (Fsp3) is 0.600. The zero-order valence-electron chi connectivity index (χ0n) is 15.5. The Labute approximate surface area is 146 Å². The van der Waals surface area contributed by atoms with E-state index in [0.29, 0.717) is 13.0 Å². The van der Waals surface area contributed by atoms with Gasteiger partial charge in [-0.3, -0.25) is 9.59 Å². The number of nitrogens with one attached hydrogen (secondary N) is 2. The molecule has 4 nitrogen and oxygen atoms in total. The van der Waals surface area contributed by atoms with E-state index in [1.807, 2.05) is 6.92 Å². The van der Waals surface area contributed by atoms with E-state index in [9.17, 15) is 9.59 Å². The summed E-state index contributed by atoms with van der Waals surface area (Å²) in [6.45, 7) is 6.47. The molecule has 1 aromatic carbocycles. The SMILES string of the molecule is CCCC(C)C(=O)C(CNC(=O)CCCc1ccc(C)cc1)NC. The van der Waals surface area contributed by atoms with Crippen molar-refractivity contribution in [1.82, 2.24) is 10.6 Å². The van der Waals surface area contributed by atoms with E-state index in [2.05, 4.69) is 48.7 Å². The molecule has 0 bridgehead atoms. The molecule has 4 heteroatoms. The lowest BCUT2D eigenvalue weighted by Gasteiger charge is -2.19. The second-order valence-corrected chi connectivity index (χ2v) is 6.58. The molecule has 1 amide bonds. The average molecular weight is 332 g/mol. The van der Waals surface area contributed by atoms with E-state index in [-0.39, 0.29) is 23.7 Å². The maximum Gasteiger partial charge on any atom is 0.220 e. The molecule has 0 saturated heterocycles. The predicted molar refractivity (Wildman–Crippen MR) is 99.1 cm³/mol. The van der Waals surface area contributed by atoms with E-state index >= 15 is 0 Å². The van der Waals surface area contributed by atoms with Gasteiger partial charge in [0.1, 0.15) is 0 Å². The van der Waals surface area contributed by atoms with Crippen LogP contribution in [0.25, 0.3) is 0 Å². The molecule has 2 unspecified atom stereocenters. The van der Waals surface area contributed by atoms with Crippen LogP contribution in [-0.4, -0.2) is 31.3 Å². The summed E-state index contributed by atoms with van der Waals surface area (Å²) >= 11 is 0. The van der Waals surface area contributed by atoms with E-state index in [4.69, 9.17) is 0 Å². The molecule has 1 aromatic rings. The number of likely N-dealkylation sites (N-methyl/N-ethyl adjacent to an activating group) is 1. The van der Waals surface area contributed by atoms with Gasteiger partial charge in [0, 0.05) is 18.9 Å². The molecule has 134 valence electrons. The van der Waals surface area contributed by atoms with Crippen LogP contribution in [0.15, 0.2) is 24.3 Å². The number of carbonyl (C=O) groups is 2. The minimum Gasteiger partial charge on any atom is -0.354 e. The van der Waals surface area contributed by atoms with E-state index in [0.717, 1.165) is 25.7 Å². The van der Waals surface area contributed by atoms with Crippen molar-refractivity contribution in [3.05, 3.63) is 35.4 Å². The van der Waals surface area contributed by atoms with Crippen LogP contribution in [0.2, 0.25) is 0 Å². The van der Waals surface area contributed by atoms with Gasteiger partial charge in [0.05, 0.1) is 6.04 Å².